The number of aromatic nitrogens is 3. The van der Waals surface area contributed by atoms with Crippen LogP contribution in [-0.4, -0.2) is 68.3 Å². The first-order chi connectivity index (χ1) is 13.6. The average Bonchev–Trinajstić information content (AvgIpc) is 3.35. The first-order valence-corrected chi connectivity index (χ1v) is 9.83. The highest BCUT2D eigenvalue weighted by Crippen LogP contribution is 2.24. The number of rotatable bonds is 5. The van der Waals surface area contributed by atoms with E-state index in [1.165, 1.54) is 0 Å². The number of likely N-dealkylation sites (tertiary alicyclic amines) is 1. The van der Waals surface area contributed by atoms with Gasteiger partial charge in [-0.1, -0.05) is 6.92 Å². The molecular weight excluding hydrogens is 358 g/mol. The van der Waals surface area contributed by atoms with Crippen LogP contribution in [0.1, 0.15) is 26.2 Å². The zero-order chi connectivity index (χ0) is 19.5. The number of hydrogen-bond donors (Lipinski definition) is 0. The van der Waals surface area contributed by atoms with Gasteiger partial charge < -0.3 is 14.5 Å². The molecule has 148 valence electrons. The topological polar surface area (TPSA) is 80.6 Å². The van der Waals surface area contributed by atoms with Crippen molar-refractivity contribution in [3.8, 4) is 11.3 Å². The fourth-order valence-corrected chi connectivity index (χ4v) is 3.84. The summed E-state index contributed by atoms with van der Waals surface area (Å²) in [5, 5.41) is 4.48. The number of nitrogens with zero attached hydrogens (tertiary/aromatic N) is 5. The molecule has 8 heteroatoms. The van der Waals surface area contributed by atoms with E-state index < -0.39 is 0 Å². The van der Waals surface area contributed by atoms with E-state index in [2.05, 4.69) is 10.1 Å². The van der Waals surface area contributed by atoms with E-state index in [1.54, 1.807) is 17.1 Å². The summed E-state index contributed by atoms with van der Waals surface area (Å²) < 4.78 is 7.03. The van der Waals surface area contributed by atoms with Crippen molar-refractivity contribution in [1.82, 2.24) is 24.6 Å². The Morgan fingerprint density at radius 2 is 2.11 bits per heavy atom. The zero-order valence-corrected chi connectivity index (χ0v) is 16.0. The quantitative estimate of drug-likeness (QED) is 0.790. The number of carbonyl (C=O) groups excluding carboxylic acids is 2. The maximum atomic E-state index is 12.7. The summed E-state index contributed by atoms with van der Waals surface area (Å²) in [4.78, 5) is 32.5. The third kappa shape index (κ3) is 3.85. The third-order valence-electron chi connectivity index (χ3n) is 5.51. The molecule has 0 saturated carbocycles. The number of hydrogen-bond acceptors (Lipinski definition) is 5. The van der Waals surface area contributed by atoms with Crippen LogP contribution in [-0.2, 0) is 16.1 Å². The molecule has 2 aliphatic rings. The lowest BCUT2D eigenvalue weighted by Gasteiger charge is -2.35. The summed E-state index contributed by atoms with van der Waals surface area (Å²) in [7, 11) is 0. The number of ether oxygens (including phenoxy) is 1. The Bertz CT molecular complexity index is 829. The van der Waals surface area contributed by atoms with Crippen LogP contribution >= 0.6 is 0 Å². The average molecular weight is 383 g/mol. The summed E-state index contributed by atoms with van der Waals surface area (Å²) in [5.41, 5.74) is 1.73. The van der Waals surface area contributed by atoms with E-state index in [0.717, 1.165) is 30.5 Å². The Morgan fingerprint density at radius 3 is 2.79 bits per heavy atom. The molecule has 4 heterocycles. The highest BCUT2D eigenvalue weighted by atomic mass is 16.6. The maximum absolute atomic E-state index is 12.7. The van der Waals surface area contributed by atoms with Crippen molar-refractivity contribution >= 4 is 12.0 Å². The van der Waals surface area contributed by atoms with Crippen LogP contribution in [0.2, 0.25) is 0 Å². The SMILES string of the molecule is CCC1CN(C2CCN(C(=O)Cn3ccc(-c4cccnc4)n3)CC2)C(=O)O1. The zero-order valence-electron chi connectivity index (χ0n) is 16.0. The van der Waals surface area contributed by atoms with Crippen molar-refractivity contribution < 1.29 is 14.3 Å². The molecule has 1 unspecified atom stereocenters. The molecule has 0 aliphatic carbocycles. The highest BCUT2D eigenvalue weighted by molar-refractivity contribution is 5.76. The van der Waals surface area contributed by atoms with Gasteiger partial charge in [-0.25, -0.2) is 4.79 Å². The first-order valence-electron chi connectivity index (χ1n) is 9.83. The van der Waals surface area contributed by atoms with Crippen LogP contribution in [0, 0.1) is 0 Å². The Morgan fingerprint density at radius 1 is 1.29 bits per heavy atom. The maximum Gasteiger partial charge on any atom is 0.410 e. The smallest absolute Gasteiger partial charge is 0.410 e. The molecule has 0 radical (unpaired) electrons. The molecule has 0 aromatic carbocycles. The van der Waals surface area contributed by atoms with Crippen LogP contribution in [0.15, 0.2) is 36.8 Å². The van der Waals surface area contributed by atoms with E-state index in [0.29, 0.717) is 19.6 Å². The monoisotopic (exact) mass is 383 g/mol. The Labute approximate surface area is 164 Å². The number of carbonyl (C=O) groups is 2. The molecule has 2 aromatic heterocycles. The fraction of sp³-hybridized carbons (Fsp3) is 0.500. The van der Waals surface area contributed by atoms with Crippen molar-refractivity contribution in [2.75, 3.05) is 19.6 Å². The van der Waals surface area contributed by atoms with E-state index in [4.69, 9.17) is 4.74 Å². The molecule has 2 aliphatic heterocycles. The minimum Gasteiger partial charge on any atom is -0.444 e. The van der Waals surface area contributed by atoms with Gasteiger partial charge in [-0.15, -0.1) is 0 Å². The fourth-order valence-electron chi connectivity index (χ4n) is 3.84. The molecule has 8 nitrogen and oxygen atoms in total. The molecule has 4 rings (SSSR count). The van der Waals surface area contributed by atoms with Crippen LogP contribution < -0.4 is 0 Å². The number of cyclic esters (lactones) is 1. The second-order valence-electron chi connectivity index (χ2n) is 7.32. The second kappa shape index (κ2) is 8.00. The van der Waals surface area contributed by atoms with Crippen molar-refractivity contribution in [1.29, 1.82) is 0 Å². The van der Waals surface area contributed by atoms with Crippen LogP contribution in [0.25, 0.3) is 11.3 Å². The predicted molar refractivity (Wildman–Crippen MR) is 102 cm³/mol. The van der Waals surface area contributed by atoms with Crippen molar-refractivity contribution in [3.63, 3.8) is 0 Å². The van der Waals surface area contributed by atoms with E-state index in [-0.39, 0.29) is 30.7 Å². The van der Waals surface area contributed by atoms with Gasteiger partial charge in [-0.2, -0.15) is 5.10 Å². The summed E-state index contributed by atoms with van der Waals surface area (Å²) in [6.07, 6.45) is 7.50. The van der Waals surface area contributed by atoms with Crippen LogP contribution in [0.3, 0.4) is 0 Å². The van der Waals surface area contributed by atoms with Crippen LogP contribution in [0.5, 0.6) is 0 Å². The third-order valence-corrected chi connectivity index (χ3v) is 5.51. The van der Waals surface area contributed by atoms with E-state index in [1.807, 2.05) is 41.1 Å². The highest BCUT2D eigenvalue weighted by Gasteiger charge is 2.37. The molecule has 2 amide bonds. The molecule has 2 aromatic rings. The Balaban J connectivity index is 1.30. The Hall–Kier alpha value is -2.90. The van der Waals surface area contributed by atoms with Gasteiger partial charge in [-0.3, -0.25) is 14.5 Å². The molecule has 0 N–H and O–H groups in total. The van der Waals surface area contributed by atoms with Gasteiger partial charge >= 0.3 is 6.09 Å². The lowest BCUT2D eigenvalue weighted by molar-refractivity contribution is -0.133. The van der Waals surface area contributed by atoms with Gasteiger partial charge in [0.1, 0.15) is 12.6 Å². The second-order valence-corrected chi connectivity index (χ2v) is 7.32. The van der Waals surface area contributed by atoms with Gasteiger partial charge in [0.15, 0.2) is 0 Å². The van der Waals surface area contributed by atoms with Gasteiger partial charge in [0.25, 0.3) is 0 Å². The summed E-state index contributed by atoms with van der Waals surface area (Å²) in [5.74, 6) is 0.0507. The number of pyridine rings is 1. The molecular formula is C20H25N5O3. The molecule has 2 fully saturated rings. The van der Waals surface area contributed by atoms with Gasteiger partial charge in [0.2, 0.25) is 5.91 Å². The molecule has 0 spiro atoms. The summed E-state index contributed by atoms with van der Waals surface area (Å²) >= 11 is 0. The van der Waals surface area contributed by atoms with Gasteiger partial charge in [0, 0.05) is 43.3 Å². The molecule has 0 bridgehead atoms. The Kier molecular flexibility index (Phi) is 5.27. The number of piperidine rings is 1. The molecule has 2 saturated heterocycles. The lowest BCUT2D eigenvalue weighted by atomic mass is 10.0. The minimum atomic E-state index is -0.212. The van der Waals surface area contributed by atoms with E-state index in [9.17, 15) is 9.59 Å². The molecule has 28 heavy (non-hydrogen) atoms. The van der Waals surface area contributed by atoms with E-state index >= 15 is 0 Å². The van der Waals surface area contributed by atoms with Crippen molar-refractivity contribution in [3.05, 3.63) is 36.8 Å². The normalized spacial score (nSPS) is 20.5. The predicted octanol–water partition coefficient (Wildman–Crippen LogP) is 2.17. The van der Waals surface area contributed by atoms with Gasteiger partial charge in [-0.05, 0) is 37.5 Å². The minimum absolute atomic E-state index is 0.000914. The standard InChI is InChI=1S/C20H25N5O3/c1-2-17-13-25(20(27)28-17)16-5-9-23(10-6-16)19(26)14-24-11-7-18(22-24)15-4-3-8-21-12-15/h3-4,7-8,11-12,16-17H,2,5-6,9-10,13-14H2,1H3. The lowest BCUT2D eigenvalue weighted by Crippen LogP contribution is -2.48. The largest absolute Gasteiger partial charge is 0.444 e. The summed E-state index contributed by atoms with van der Waals surface area (Å²) in [6, 6.07) is 5.86. The molecule has 1 atom stereocenters. The summed E-state index contributed by atoms with van der Waals surface area (Å²) in [6.45, 7) is 4.21. The van der Waals surface area contributed by atoms with Crippen molar-refractivity contribution in [2.24, 2.45) is 0 Å². The van der Waals surface area contributed by atoms with Crippen LogP contribution in [0.4, 0.5) is 4.79 Å². The first kappa shape index (κ1) is 18.5. The van der Waals surface area contributed by atoms with Crippen molar-refractivity contribution in [2.45, 2.75) is 44.9 Å². The van der Waals surface area contributed by atoms with Gasteiger partial charge in [0.05, 0.1) is 12.2 Å². The number of amides is 2.